The summed E-state index contributed by atoms with van der Waals surface area (Å²) in [5, 5.41) is 5.67. The van der Waals surface area contributed by atoms with Crippen LogP contribution < -0.4 is 20.1 Å². The van der Waals surface area contributed by atoms with E-state index in [1.807, 2.05) is 56.3 Å². The molecular weight excluding hydrogens is 572 g/mol. The number of likely N-dealkylation sites (tertiary alicyclic amines) is 1. The molecule has 0 radical (unpaired) electrons. The number of halogens is 1. The fraction of sp³-hybridized carbons (Fsp3) is 0.344. The number of hydrogen-bond donors (Lipinski definition) is 2. The Morgan fingerprint density at radius 3 is 2.30 bits per heavy atom. The van der Waals surface area contributed by atoms with Crippen LogP contribution in [0.15, 0.2) is 66.7 Å². The molecule has 230 valence electrons. The van der Waals surface area contributed by atoms with Crippen molar-refractivity contribution in [3.8, 4) is 11.5 Å². The van der Waals surface area contributed by atoms with Gasteiger partial charge < -0.3 is 34.6 Å². The number of rotatable bonds is 10. The number of esters is 1. The van der Waals surface area contributed by atoms with Crippen LogP contribution in [0.5, 0.6) is 11.5 Å². The molecule has 11 heteroatoms. The van der Waals surface area contributed by atoms with Crippen molar-refractivity contribution < 1.29 is 28.6 Å². The number of urea groups is 1. The van der Waals surface area contributed by atoms with Crippen molar-refractivity contribution >= 4 is 41.7 Å². The number of anilines is 2. The molecular formula is C32H39ClN4O6. The number of hydrogen-bond acceptors (Lipinski definition) is 7. The Morgan fingerprint density at radius 2 is 1.65 bits per heavy atom. The van der Waals surface area contributed by atoms with E-state index >= 15 is 0 Å². The molecule has 1 saturated heterocycles. The van der Waals surface area contributed by atoms with Crippen LogP contribution in [-0.2, 0) is 16.0 Å². The molecule has 0 aliphatic carbocycles. The van der Waals surface area contributed by atoms with Gasteiger partial charge in [0.2, 0.25) is 5.91 Å². The Morgan fingerprint density at radius 1 is 0.953 bits per heavy atom. The topological polar surface area (TPSA) is 109 Å². The molecule has 0 saturated carbocycles. The van der Waals surface area contributed by atoms with E-state index in [1.165, 1.54) is 14.2 Å². The largest absolute Gasteiger partial charge is 0.495 e. The van der Waals surface area contributed by atoms with Crippen molar-refractivity contribution in [2.75, 3.05) is 52.1 Å². The Labute approximate surface area is 258 Å². The first kappa shape index (κ1) is 33.2. The average molecular weight is 611 g/mol. The SMILES string of the molecule is COC(=O)c1ccc(OC[C@@H]2C[C@@H](N(C)C)CN2C(=O)Cc2ccc(NC(=O)Nc3ccccc3C)c(OC)c2)cc1.Cl. The molecule has 1 heterocycles. The fourth-order valence-corrected chi connectivity index (χ4v) is 4.94. The lowest BCUT2D eigenvalue weighted by Gasteiger charge is -2.25. The minimum atomic E-state index is -0.408. The molecule has 0 bridgehead atoms. The van der Waals surface area contributed by atoms with Crippen molar-refractivity contribution in [2.45, 2.75) is 31.8 Å². The lowest BCUT2D eigenvalue weighted by Crippen LogP contribution is -2.40. The smallest absolute Gasteiger partial charge is 0.337 e. The predicted molar refractivity (Wildman–Crippen MR) is 169 cm³/mol. The first-order chi connectivity index (χ1) is 20.2. The molecule has 3 aromatic rings. The summed E-state index contributed by atoms with van der Waals surface area (Å²) in [6.45, 7) is 2.84. The summed E-state index contributed by atoms with van der Waals surface area (Å²) in [7, 11) is 6.88. The Hall–Kier alpha value is -4.28. The number of ether oxygens (including phenoxy) is 3. The number of para-hydroxylation sites is 1. The summed E-state index contributed by atoms with van der Waals surface area (Å²) in [4.78, 5) is 41.8. The maximum atomic E-state index is 13.5. The lowest BCUT2D eigenvalue weighted by molar-refractivity contribution is -0.131. The third-order valence-electron chi connectivity index (χ3n) is 7.42. The highest BCUT2D eigenvalue weighted by Crippen LogP contribution is 2.28. The van der Waals surface area contributed by atoms with Gasteiger partial charge in [-0.1, -0.05) is 24.3 Å². The number of benzene rings is 3. The van der Waals surface area contributed by atoms with Crippen LogP contribution in [0.1, 0.15) is 27.9 Å². The molecule has 0 unspecified atom stereocenters. The Balaban J connectivity index is 0.00000506. The minimum absolute atomic E-state index is 0. The van der Waals surface area contributed by atoms with E-state index in [-0.39, 0.29) is 42.8 Å². The quantitative estimate of drug-likeness (QED) is 0.311. The summed E-state index contributed by atoms with van der Waals surface area (Å²) in [6.07, 6.45) is 0.956. The van der Waals surface area contributed by atoms with E-state index in [0.717, 1.165) is 23.2 Å². The van der Waals surface area contributed by atoms with Gasteiger partial charge in [0.15, 0.2) is 0 Å². The molecule has 3 amide bonds. The standard InChI is InChI=1S/C32H38N4O6.ClH/c1-21-8-6-7-9-27(21)33-32(39)34-28-15-10-22(16-29(28)40-4)17-30(37)36-19-24(35(2)3)18-25(36)20-42-26-13-11-23(12-14-26)31(38)41-5;/h6-16,24-25H,17-20H2,1-5H3,(H2,33,34,39);1H/t24-,25+;/m1./s1. The second kappa shape index (κ2) is 15.3. The maximum Gasteiger partial charge on any atom is 0.337 e. The van der Waals surface area contributed by atoms with E-state index in [0.29, 0.717) is 35.9 Å². The van der Waals surface area contributed by atoms with Crippen LogP contribution in [0.4, 0.5) is 16.2 Å². The third-order valence-corrected chi connectivity index (χ3v) is 7.42. The van der Waals surface area contributed by atoms with Crippen LogP contribution in [-0.4, -0.2) is 81.3 Å². The van der Waals surface area contributed by atoms with Crippen molar-refractivity contribution in [1.29, 1.82) is 0 Å². The highest BCUT2D eigenvalue weighted by Gasteiger charge is 2.36. The van der Waals surface area contributed by atoms with Gasteiger partial charge in [-0.25, -0.2) is 9.59 Å². The van der Waals surface area contributed by atoms with Gasteiger partial charge in [-0.15, -0.1) is 12.4 Å². The number of nitrogens with zero attached hydrogens (tertiary/aromatic N) is 2. The van der Waals surface area contributed by atoms with Crippen molar-refractivity contribution in [1.82, 2.24) is 9.80 Å². The van der Waals surface area contributed by atoms with E-state index in [1.54, 1.807) is 36.4 Å². The highest BCUT2D eigenvalue weighted by molar-refractivity contribution is 6.01. The van der Waals surface area contributed by atoms with E-state index < -0.39 is 5.97 Å². The van der Waals surface area contributed by atoms with Crippen molar-refractivity contribution in [3.63, 3.8) is 0 Å². The first-order valence-electron chi connectivity index (χ1n) is 13.8. The molecule has 4 rings (SSSR count). The number of carbonyl (C=O) groups is 3. The van der Waals surface area contributed by atoms with Gasteiger partial charge >= 0.3 is 12.0 Å². The number of nitrogens with one attached hydrogen (secondary N) is 2. The van der Waals surface area contributed by atoms with Gasteiger partial charge in [-0.2, -0.15) is 0 Å². The number of likely N-dealkylation sites (N-methyl/N-ethyl adjacent to an activating group) is 1. The first-order valence-corrected chi connectivity index (χ1v) is 13.8. The molecule has 43 heavy (non-hydrogen) atoms. The lowest BCUT2D eigenvalue weighted by atomic mass is 10.1. The van der Waals surface area contributed by atoms with Gasteiger partial charge in [0.05, 0.1) is 37.9 Å². The second-order valence-electron chi connectivity index (χ2n) is 10.5. The molecule has 1 aliphatic heterocycles. The Kier molecular flexibility index (Phi) is 11.8. The molecule has 2 atom stereocenters. The normalized spacial score (nSPS) is 15.8. The zero-order valence-corrected chi connectivity index (χ0v) is 25.9. The third kappa shape index (κ3) is 8.62. The van der Waals surface area contributed by atoms with E-state index in [4.69, 9.17) is 14.2 Å². The zero-order valence-electron chi connectivity index (χ0n) is 25.1. The monoisotopic (exact) mass is 610 g/mol. The minimum Gasteiger partial charge on any atom is -0.495 e. The number of amides is 3. The molecule has 1 aliphatic rings. The van der Waals surface area contributed by atoms with Gasteiger partial charge in [-0.3, -0.25) is 4.79 Å². The summed E-state index contributed by atoms with van der Waals surface area (Å²) in [5.41, 5.74) is 3.38. The maximum absolute atomic E-state index is 13.5. The fourth-order valence-electron chi connectivity index (χ4n) is 4.94. The van der Waals surface area contributed by atoms with Crippen molar-refractivity contribution in [2.24, 2.45) is 0 Å². The molecule has 0 spiro atoms. The molecule has 10 nitrogen and oxygen atoms in total. The zero-order chi connectivity index (χ0) is 30.2. The van der Waals surface area contributed by atoms with Crippen LogP contribution in [0.2, 0.25) is 0 Å². The predicted octanol–water partition coefficient (Wildman–Crippen LogP) is 5.01. The number of aryl methyl sites for hydroxylation is 1. The summed E-state index contributed by atoms with van der Waals surface area (Å²) < 4.78 is 16.3. The van der Waals surface area contributed by atoms with Gasteiger partial charge in [0.1, 0.15) is 18.1 Å². The van der Waals surface area contributed by atoms with Crippen LogP contribution >= 0.6 is 12.4 Å². The highest BCUT2D eigenvalue weighted by atomic mass is 35.5. The van der Waals surface area contributed by atoms with Crippen LogP contribution in [0.3, 0.4) is 0 Å². The molecule has 3 aromatic carbocycles. The average Bonchev–Trinajstić information content (AvgIpc) is 3.43. The van der Waals surface area contributed by atoms with Crippen LogP contribution in [0.25, 0.3) is 0 Å². The summed E-state index contributed by atoms with van der Waals surface area (Å²) >= 11 is 0. The van der Waals surface area contributed by atoms with Crippen LogP contribution in [0, 0.1) is 6.92 Å². The van der Waals surface area contributed by atoms with Gasteiger partial charge in [0.25, 0.3) is 0 Å². The van der Waals surface area contributed by atoms with Crippen molar-refractivity contribution in [3.05, 3.63) is 83.4 Å². The Bertz CT molecular complexity index is 1420. The summed E-state index contributed by atoms with van der Waals surface area (Å²) in [5.74, 6) is 0.647. The molecule has 1 fully saturated rings. The molecule has 0 aromatic heterocycles. The van der Waals surface area contributed by atoms with E-state index in [9.17, 15) is 14.4 Å². The van der Waals surface area contributed by atoms with Gasteiger partial charge in [-0.05, 0) is 81.0 Å². The number of carbonyl (C=O) groups excluding carboxylic acids is 3. The van der Waals surface area contributed by atoms with Gasteiger partial charge in [0, 0.05) is 18.3 Å². The van der Waals surface area contributed by atoms with E-state index in [2.05, 4.69) is 15.5 Å². The summed E-state index contributed by atoms with van der Waals surface area (Å²) in [6, 6.07) is 19.3. The number of methoxy groups -OCH3 is 2. The molecule has 2 N–H and O–H groups in total. The second-order valence-corrected chi connectivity index (χ2v) is 10.5.